The average Bonchev–Trinajstić information content (AvgIpc) is 3.22. The summed E-state index contributed by atoms with van der Waals surface area (Å²) in [4.78, 5) is 34.1. The van der Waals surface area contributed by atoms with Crippen LogP contribution in [0.2, 0.25) is 0 Å². The van der Waals surface area contributed by atoms with Crippen molar-refractivity contribution in [2.45, 2.75) is 19.3 Å². The van der Waals surface area contributed by atoms with E-state index in [1.54, 1.807) is 10.3 Å². The van der Waals surface area contributed by atoms with Crippen molar-refractivity contribution < 1.29 is 9.59 Å². The summed E-state index contributed by atoms with van der Waals surface area (Å²) in [5.74, 6) is -1.10. The molecular formula is C14H13N5O2S2. The molecule has 1 N–H and O–H groups in total. The summed E-state index contributed by atoms with van der Waals surface area (Å²) in [6.45, 7) is 2.98. The van der Waals surface area contributed by atoms with Gasteiger partial charge in [0, 0.05) is 29.5 Å². The van der Waals surface area contributed by atoms with Gasteiger partial charge in [-0.3, -0.25) is 9.69 Å². The molecule has 0 saturated carbocycles. The van der Waals surface area contributed by atoms with Gasteiger partial charge in [-0.2, -0.15) is 5.26 Å². The van der Waals surface area contributed by atoms with Crippen molar-refractivity contribution in [1.82, 2.24) is 15.3 Å². The van der Waals surface area contributed by atoms with Gasteiger partial charge in [-0.25, -0.2) is 14.8 Å². The van der Waals surface area contributed by atoms with Crippen LogP contribution in [-0.2, 0) is 11.2 Å². The van der Waals surface area contributed by atoms with Gasteiger partial charge < -0.3 is 5.32 Å². The number of aromatic nitrogens is 2. The number of carbonyl (C=O) groups is 2. The number of Topliss-reactive ketones (excluding diaryl/α,β-unsaturated/α-hetero) is 1. The van der Waals surface area contributed by atoms with E-state index >= 15 is 0 Å². The van der Waals surface area contributed by atoms with E-state index in [4.69, 9.17) is 0 Å². The molecule has 2 aromatic rings. The maximum absolute atomic E-state index is 12.4. The van der Waals surface area contributed by atoms with Crippen LogP contribution in [0.3, 0.4) is 0 Å². The van der Waals surface area contributed by atoms with Gasteiger partial charge in [0.05, 0.1) is 18.2 Å². The average molecular weight is 347 g/mol. The Labute approximate surface area is 140 Å². The number of hydrogen-bond donors (Lipinski definition) is 1. The molecule has 3 heterocycles. The van der Waals surface area contributed by atoms with E-state index in [0.717, 1.165) is 5.69 Å². The Bertz CT molecular complexity index is 791. The quantitative estimate of drug-likeness (QED) is 0.890. The summed E-state index contributed by atoms with van der Waals surface area (Å²) < 4.78 is 0. The Balaban J connectivity index is 1.71. The molecule has 0 aromatic carbocycles. The van der Waals surface area contributed by atoms with Crippen LogP contribution in [0.5, 0.6) is 0 Å². The van der Waals surface area contributed by atoms with E-state index in [2.05, 4.69) is 15.3 Å². The van der Waals surface area contributed by atoms with Crippen molar-refractivity contribution in [2.24, 2.45) is 0 Å². The number of urea groups is 1. The highest BCUT2D eigenvalue weighted by atomic mass is 32.1. The molecule has 23 heavy (non-hydrogen) atoms. The van der Waals surface area contributed by atoms with Crippen LogP contribution in [0.1, 0.15) is 22.3 Å². The van der Waals surface area contributed by atoms with Crippen LogP contribution < -0.4 is 10.2 Å². The Kier molecular flexibility index (Phi) is 4.36. The standard InChI is InChI=1S/C14H13N5O2S2/c1-8-6-22-12(17-8)10(5-15)11(20)4-9-7-23-14(18-9)19-3-2-16-13(19)21/h6-7,10H,2-4H2,1H3,(H,16,21)/t10-/m1/s1. The van der Waals surface area contributed by atoms with Gasteiger partial charge in [0.15, 0.2) is 16.8 Å². The number of nitrogens with one attached hydrogen (secondary N) is 1. The lowest BCUT2D eigenvalue weighted by Crippen LogP contribution is -2.27. The predicted octanol–water partition coefficient (Wildman–Crippen LogP) is 1.86. The molecule has 118 valence electrons. The number of amides is 2. The van der Waals surface area contributed by atoms with Crippen molar-refractivity contribution in [1.29, 1.82) is 5.26 Å². The molecular weight excluding hydrogens is 334 g/mol. The smallest absolute Gasteiger partial charge is 0.323 e. The zero-order valence-electron chi connectivity index (χ0n) is 12.3. The van der Waals surface area contributed by atoms with Crippen LogP contribution in [0, 0.1) is 18.3 Å². The van der Waals surface area contributed by atoms with E-state index in [1.165, 1.54) is 22.7 Å². The molecule has 0 unspecified atom stereocenters. The van der Waals surface area contributed by atoms with Gasteiger partial charge in [0.1, 0.15) is 5.01 Å². The second-order valence-electron chi connectivity index (χ2n) is 5.04. The number of carbonyl (C=O) groups excluding carboxylic acids is 2. The van der Waals surface area contributed by atoms with Crippen molar-refractivity contribution in [3.8, 4) is 6.07 Å². The molecule has 1 saturated heterocycles. The van der Waals surface area contributed by atoms with Gasteiger partial charge in [-0.05, 0) is 6.92 Å². The lowest BCUT2D eigenvalue weighted by molar-refractivity contribution is -0.118. The van der Waals surface area contributed by atoms with Gasteiger partial charge in [0.2, 0.25) is 0 Å². The molecule has 0 aliphatic carbocycles. The summed E-state index contributed by atoms with van der Waals surface area (Å²) in [6, 6.07) is 1.84. The molecule has 7 nitrogen and oxygen atoms in total. The minimum absolute atomic E-state index is 0.0583. The minimum atomic E-state index is -0.867. The molecule has 1 aliphatic heterocycles. The molecule has 1 aliphatic rings. The number of thiazole rings is 2. The number of nitrogens with zero attached hydrogens (tertiary/aromatic N) is 4. The fourth-order valence-electron chi connectivity index (χ4n) is 2.21. The third-order valence-corrected chi connectivity index (χ3v) is 5.26. The fraction of sp³-hybridized carbons (Fsp3) is 0.357. The zero-order chi connectivity index (χ0) is 16.4. The van der Waals surface area contributed by atoms with Crippen molar-refractivity contribution in [3.05, 3.63) is 27.2 Å². The van der Waals surface area contributed by atoms with Crippen molar-refractivity contribution >= 4 is 39.6 Å². The molecule has 0 spiro atoms. The lowest BCUT2D eigenvalue weighted by atomic mass is 10.0. The number of anilines is 1. The first-order valence-corrected chi connectivity index (χ1v) is 8.68. The highest BCUT2D eigenvalue weighted by Crippen LogP contribution is 2.25. The zero-order valence-corrected chi connectivity index (χ0v) is 13.9. The Morgan fingerprint density at radius 2 is 2.30 bits per heavy atom. The fourth-order valence-corrected chi connectivity index (χ4v) is 3.92. The molecule has 0 bridgehead atoms. The summed E-state index contributed by atoms with van der Waals surface area (Å²) in [7, 11) is 0. The molecule has 2 aromatic heterocycles. The number of ketones is 1. The van der Waals surface area contributed by atoms with Gasteiger partial charge >= 0.3 is 6.03 Å². The lowest BCUT2D eigenvalue weighted by Gasteiger charge is -2.08. The first-order chi connectivity index (χ1) is 11.1. The van der Waals surface area contributed by atoms with Crippen molar-refractivity contribution in [2.75, 3.05) is 18.0 Å². The van der Waals surface area contributed by atoms with E-state index in [1.807, 2.05) is 18.4 Å². The van der Waals surface area contributed by atoms with Crippen LogP contribution in [0.4, 0.5) is 9.93 Å². The minimum Gasteiger partial charge on any atom is -0.336 e. The monoisotopic (exact) mass is 347 g/mol. The maximum Gasteiger partial charge on any atom is 0.323 e. The molecule has 9 heteroatoms. The number of nitriles is 1. The molecule has 0 radical (unpaired) electrons. The van der Waals surface area contributed by atoms with Crippen LogP contribution in [0.25, 0.3) is 0 Å². The summed E-state index contributed by atoms with van der Waals surface area (Å²) in [5, 5.41) is 16.6. The third-order valence-electron chi connectivity index (χ3n) is 3.32. The molecule has 3 rings (SSSR count). The summed E-state index contributed by atoms with van der Waals surface area (Å²) in [6.07, 6.45) is 0.0583. The highest BCUT2D eigenvalue weighted by molar-refractivity contribution is 7.14. The first kappa shape index (κ1) is 15.6. The highest BCUT2D eigenvalue weighted by Gasteiger charge is 2.26. The second kappa shape index (κ2) is 6.44. The van der Waals surface area contributed by atoms with E-state index in [0.29, 0.717) is 28.9 Å². The Morgan fingerprint density at radius 1 is 1.48 bits per heavy atom. The van der Waals surface area contributed by atoms with Crippen LogP contribution in [0.15, 0.2) is 10.8 Å². The SMILES string of the molecule is Cc1csc([C@H](C#N)C(=O)Cc2csc(N3CCNC3=O)n2)n1. The number of aryl methyl sites for hydroxylation is 1. The molecule has 1 fully saturated rings. The van der Waals surface area contributed by atoms with Crippen molar-refractivity contribution in [3.63, 3.8) is 0 Å². The first-order valence-electron chi connectivity index (χ1n) is 6.92. The largest absolute Gasteiger partial charge is 0.336 e. The normalized spacial score (nSPS) is 15.3. The summed E-state index contributed by atoms with van der Waals surface area (Å²) in [5.41, 5.74) is 1.37. The van der Waals surface area contributed by atoms with Crippen LogP contribution >= 0.6 is 22.7 Å². The van der Waals surface area contributed by atoms with Gasteiger partial charge in [-0.15, -0.1) is 22.7 Å². The number of rotatable bonds is 5. The van der Waals surface area contributed by atoms with E-state index in [9.17, 15) is 14.9 Å². The van der Waals surface area contributed by atoms with Gasteiger partial charge in [0.25, 0.3) is 0 Å². The predicted molar refractivity (Wildman–Crippen MR) is 86.8 cm³/mol. The Morgan fingerprint density at radius 3 is 2.91 bits per heavy atom. The van der Waals surface area contributed by atoms with E-state index in [-0.39, 0.29) is 18.2 Å². The van der Waals surface area contributed by atoms with Gasteiger partial charge in [-0.1, -0.05) is 0 Å². The van der Waals surface area contributed by atoms with Crippen LogP contribution in [-0.4, -0.2) is 34.9 Å². The summed E-state index contributed by atoms with van der Waals surface area (Å²) >= 11 is 2.63. The Hall–Kier alpha value is -2.31. The topological polar surface area (TPSA) is 99.0 Å². The van der Waals surface area contributed by atoms with E-state index < -0.39 is 5.92 Å². The number of hydrogen-bond acceptors (Lipinski definition) is 7. The maximum atomic E-state index is 12.4. The molecule has 2 amide bonds. The molecule has 1 atom stereocenters. The second-order valence-corrected chi connectivity index (χ2v) is 6.76. The third kappa shape index (κ3) is 3.23.